The molecule has 1 fully saturated rings. The first-order chi connectivity index (χ1) is 13.5. The summed E-state index contributed by atoms with van der Waals surface area (Å²) in [6.07, 6.45) is 17.8. The van der Waals surface area contributed by atoms with Crippen LogP contribution in [-0.4, -0.2) is 24.5 Å². The zero-order chi connectivity index (χ0) is 20.6. The van der Waals surface area contributed by atoms with Crippen LogP contribution in [-0.2, 0) is 14.3 Å². The van der Waals surface area contributed by atoms with Crippen molar-refractivity contribution >= 4 is 11.9 Å². The van der Waals surface area contributed by atoms with Crippen LogP contribution >= 0.6 is 0 Å². The van der Waals surface area contributed by atoms with Gasteiger partial charge >= 0.3 is 5.97 Å². The van der Waals surface area contributed by atoms with Crippen LogP contribution in [0.3, 0.4) is 0 Å². The molecule has 0 spiro atoms. The third-order valence-corrected chi connectivity index (χ3v) is 5.98. The first-order valence-corrected chi connectivity index (χ1v) is 12.0. The van der Waals surface area contributed by atoms with E-state index in [1.807, 2.05) is 13.8 Å². The fraction of sp³-hybridized carbons (Fsp3) is 0.917. The molecule has 4 nitrogen and oxygen atoms in total. The van der Waals surface area contributed by atoms with Crippen LogP contribution in [0.15, 0.2) is 0 Å². The molecule has 0 bridgehead atoms. The quantitative estimate of drug-likeness (QED) is 0.251. The van der Waals surface area contributed by atoms with Crippen molar-refractivity contribution in [2.75, 3.05) is 6.61 Å². The van der Waals surface area contributed by atoms with Crippen molar-refractivity contribution in [3.63, 3.8) is 0 Å². The number of rotatable bonds is 16. The third-order valence-electron chi connectivity index (χ3n) is 5.98. The molecule has 0 saturated heterocycles. The van der Waals surface area contributed by atoms with Gasteiger partial charge in [0.1, 0.15) is 6.04 Å². The molecule has 1 saturated carbocycles. The smallest absolute Gasteiger partial charge is 0.328 e. The van der Waals surface area contributed by atoms with Gasteiger partial charge in [0.15, 0.2) is 0 Å². The molecule has 0 heterocycles. The maximum atomic E-state index is 12.4. The average molecular weight is 396 g/mol. The molecular formula is C24H45NO3. The predicted octanol–water partition coefficient (Wildman–Crippen LogP) is 6.17. The number of carbonyl (C=O) groups is 2. The van der Waals surface area contributed by atoms with Crippen LogP contribution in [0, 0.1) is 11.8 Å². The Morgan fingerprint density at radius 2 is 1.50 bits per heavy atom. The van der Waals surface area contributed by atoms with E-state index in [1.54, 1.807) is 0 Å². The van der Waals surface area contributed by atoms with Gasteiger partial charge in [0.2, 0.25) is 5.91 Å². The Bertz CT molecular complexity index is 416. The van der Waals surface area contributed by atoms with Gasteiger partial charge in [-0.1, -0.05) is 97.8 Å². The van der Waals surface area contributed by atoms with E-state index in [0.29, 0.717) is 18.9 Å². The molecule has 0 aromatic rings. The highest BCUT2D eigenvalue weighted by Crippen LogP contribution is 2.28. The Hall–Kier alpha value is -1.06. The van der Waals surface area contributed by atoms with Crippen molar-refractivity contribution in [2.45, 2.75) is 123 Å². The number of esters is 1. The largest absolute Gasteiger partial charge is 0.464 e. The maximum absolute atomic E-state index is 12.4. The minimum Gasteiger partial charge on any atom is -0.464 e. The minimum absolute atomic E-state index is 0.00868. The summed E-state index contributed by atoms with van der Waals surface area (Å²) >= 11 is 0. The second-order valence-corrected chi connectivity index (χ2v) is 8.97. The topological polar surface area (TPSA) is 55.4 Å². The Morgan fingerprint density at radius 3 is 2.07 bits per heavy atom. The molecule has 164 valence electrons. The number of hydrogen-bond donors (Lipinski definition) is 1. The lowest BCUT2D eigenvalue weighted by molar-refractivity contribution is -0.149. The van der Waals surface area contributed by atoms with Gasteiger partial charge in [-0.3, -0.25) is 4.79 Å². The Kier molecular flexibility index (Phi) is 14.1. The summed E-state index contributed by atoms with van der Waals surface area (Å²) in [5.41, 5.74) is 0. The number of ether oxygens (including phenoxy) is 1. The monoisotopic (exact) mass is 395 g/mol. The van der Waals surface area contributed by atoms with E-state index in [-0.39, 0.29) is 17.8 Å². The Balaban J connectivity index is 2.11. The van der Waals surface area contributed by atoms with Gasteiger partial charge in [-0.15, -0.1) is 0 Å². The molecule has 1 N–H and O–H groups in total. The molecule has 1 aliphatic carbocycles. The van der Waals surface area contributed by atoms with E-state index < -0.39 is 6.04 Å². The molecule has 1 aliphatic rings. The zero-order valence-electron chi connectivity index (χ0n) is 18.8. The SMILES string of the molecule is CCCCCCCCCCCOC(=O)C(NC(=O)CCC1CCCC1)C(C)C. The molecule has 4 heteroatoms. The van der Waals surface area contributed by atoms with Gasteiger partial charge in [-0.05, 0) is 24.7 Å². The van der Waals surface area contributed by atoms with Gasteiger partial charge in [0.05, 0.1) is 6.61 Å². The highest BCUT2D eigenvalue weighted by atomic mass is 16.5. The van der Waals surface area contributed by atoms with Gasteiger partial charge in [0, 0.05) is 6.42 Å². The molecule has 0 aromatic heterocycles. The number of unbranched alkanes of at least 4 members (excludes halogenated alkanes) is 8. The minimum atomic E-state index is -0.519. The summed E-state index contributed by atoms with van der Waals surface area (Å²) < 4.78 is 5.45. The van der Waals surface area contributed by atoms with Crippen LogP contribution in [0.25, 0.3) is 0 Å². The number of carbonyl (C=O) groups excluding carboxylic acids is 2. The van der Waals surface area contributed by atoms with Crippen LogP contribution < -0.4 is 5.32 Å². The Morgan fingerprint density at radius 1 is 0.929 bits per heavy atom. The second kappa shape index (κ2) is 15.8. The number of amides is 1. The van der Waals surface area contributed by atoms with Crippen molar-refractivity contribution in [3.05, 3.63) is 0 Å². The summed E-state index contributed by atoms with van der Waals surface area (Å²) in [5.74, 6) is 0.460. The molecule has 0 radical (unpaired) electrons. The molecule has 1 amide bonds. The Labute approximate surface area is 173 Å². The lowest BCUT2D eigenvalue weighted by Gasteiger charge is -2.21. The standard InChI is InChI=1S/C24H45NO3/c1-4-5-6-7-8-9-10-11-14-19-28-24(27)23(20(2)3)25-22(26)18-17-21-15-12-13-16-21/h20-21,23H,4-19H2,1-3H3,(H,25,26). The third kappa shape index (κ3) is 11.7. The lowest BCUT2D eigenvalue weighted by Crippen LogP contribution is -2.45. The second-order valence-electron chi connectivity index (χ2n) is 8.97. The highest BCUT2D eigenvalue weighted by molar-refractivity contribution is 5.84. The molecule has 1 rings (SSSR count). The molecular weight excluding hydrogens is 350 g/mol. The van der Waals surface area contributed by atoms with Crippen molar-refractivity contribution in [1.29, 1.82) is 0 Å². The van der Waals surface area contributed by atoms with E-state index in [2.05, 4.69) is 12.2 Å². The molecule has 0 aromatic carbocycles. The van der Waals surface area contributed by atoms with E-state index in [1.165, 1.54) is 70.6 Å². The van der Waals surface area contributed by atoms with Gasteiger partial charge < -0.3 is 10.1 Å². The predicted molar refractivity (Wildman–Crippen MR) is 116 cm³/mol. The first-order valence-electron chi connectivity index (χ1n) is 12.0. The van der Waals surface area contributed by atoms with Crippen molar-refractivity contribution in [1.82, 2.24) is 5.32 Å². The van der Waals surface area contributed by atoms with Gasteiger partial charge in [0.25, 0.3) is 0 Å². The van der Waals surface area contributed by atoms with Crippen molar-refractivity contribution < 1.29 is 14.3 Å². The van der Waals surface area contributed by atoms with Gasteiger partial charge in [-0.25, -0.2) is 4.79 Å². The summed E-state index contributed by atoms with van der Waals surface area (Å²) in [5, 5.41) is 2.91. The van der Waals surface area contributed by atoms with E-state index in [9.17, 15) is 9.59 Å². The van der Waals surface area contributed by atoms with Crippen molar-refractivity contribution in [2.24, 2.45) is 11.8 Å². The maximum Gasteiger partial charge on any atom is 0.328 e. The summed E-state index contributed by atoms with van der Waals surface area (Å²) in [4.78, 5) is 24.6. The summed E-state index contributed by atoms with van der Waals surface area (Å²) in [6, 6.07) is -0.519. The lowest BCUT2D eigenvalue weighted by atomic mass is 10.0. The van der Waals surface area contributed by atoms with E-state index in [4.69, 9.17) is 4.74 Å². The highest BCUT2D eigenvalue weighted by Gasteiger charge is 2.26. The van der Waals surface area contributed by atoms with Crippen molar-refractivity contribution in [3.8, 4) is 0 Å². The van der Waals surface area contributed by atoms with Gasteiger partial charge in [-0.2, -0.15) is 0 Å². The zero-order valence-corrected chi connectivity index (χ0v) is 18.8. The number of nitrogens with one attached hydrogen (secondary N) is 1. The molecule has 1 unspecified atom stereocenters. The molecule has 1 atom stereocenters. The fourth-order valence-electron chi connectivity index (χ4n) is 4.05. The number of hydrogen-bond acceptors (Lipinski definition) is 3. The van der Waals surface area contributed by atoms with Crippen LogP contribution in [0.1, 0.15) is 117 Å². The molecule has 28 heavy (non-hydrogen) atoms. The summed E-state index contributed by atoms with van der Waals surface area (Å²) in [7, 11) is 0. The van der Waals surface area contributed by atoms with E-state index in [0.717, 1.165) is 19.3 Å². The van der Waals surface area contributed by atoms with Crippen LogP contribution in [0.5, 0.6) is 0 Å². The van der Waals surface area contributed by atoms with E-state index >= 15 is 0 Å². The average Bonchev–Trinajstić information content (AvgIpc) is 3.19. The fourth-order valence-corrected chi connectivity index (χ4v) is 4.05. The first kappa shape index (κ1) is 25.0. The summed E-state index contributed by atoms with van der Waals surface area (Å²) in [6.45, 7) is 6.63. The van der Waals surface area contributed by atoms with Crippen LogP contribution in [0.2, 0.25) is 0 Å². The normalized spacial score (nSPS) is 15.7. The van der Waals surface area contributed by atoms with Crippen LogP contribution in [0.4, 0.5) is 0 Å². The molecule has 0 aliphatic heterocycles.